The molecule has 0 atom stereocenters. The number of fused-ring (bicyclic) bond motifs is 1. The molecule has 0 radical (unpaired) electrons. The molecule has 3 aromatic rings. The van der Waals surface area contributed by atoms with Gasteiger partial charge < -0.3 is 9.67 Å². The molecule has 2 heterocycles. The molecule has 5 nitrogen and oxygen atoms in total. The Morgan fingerprint density at radius 1 is 1.24 bits per heavy atom. The van der Waals surface area contributed by atoms with Crippen molar-refractivity contribution < 1.29 is 5.11 Å². The highest BCUT2D eigenvalue weighted by molar-refractivity contribution is 5.96. The van der Waals surface area contributed by atoms with E-state index in [1.807, 2.05) is 31.2 Å². The third-order valence-corrected chi connectivity index (χ3v) is 4.20. The zero-order chi connectivity index (χ0) is 17.8. The van der Waals surface area contributed by atoms with Gasteiger partial charge in [0.25, 0.3) is 5.56 Å². The van der Waals surface area contributed by atoms with E-state index < -0.39 is 0 Å². The minimum Gasteiger partial charge on any atom is -0.506 e. The summed E-state index contributed by atoms with van der Waals surface area (Å²) in [6, 6.07) is 11.0. The average molecular weight is 335 g/mol. The Kier molecular flexibility index (Phi) is 4.93. The van der Waals surface area contributed by atoms with Crippen LogP contribution in [0.1, 0.15) is 30.9 Å². The average Bonchev–Trinajstić information content (AvgIpc) is 2.63. The summed E-state index contributed by atoms with van der Waals surface area (Å²) in [5.74, 6) is 0.460. The standard InChI is InChI=1S/C20H21N3O2/c1-3-4-12-23-18-14(2)8-7-9-15(18)19(24)16(20(23)25)13-22-17-10-5-6-11-21-17/h5-11,13,24H,3-4,12H2,1-2H3/b22-13+. The Balaban J connectivity index is 2.22. The molecule has 0 aliphatic heterocycles. The summed E-state index contributed by atoms with van der Waals surface area (Å²) in [6.45, 7) is 4.65. The smallest absolute Gasteiger partial charge is 0.263 e. The number of para-hydroxylation sites is 1. The fourth-order valence-electron chi connectivity index (χ4n) is 2.91. The van der Waals surface area contributed by atoms with E-state index in [1.54, 1.807) is 22.9 Å². The van der Waals surface area contributed by atoms with Gasteiger partial charge in [0, 0.05) is 24.3 Å². The number of hydrogen-bond acceptors (Lipinski definition) is 4. The molecule has 0 bridgehead atoms. The van der Waals surface area contributed by atoms with Crippen molar-refractivity contribution in [2.75, 3.05) is 0 Å². The number of aromatic nitrogens is 2. The van der Waals surface area contributed by atoms with Crippen molar-refractivity contribution in [1.29, 1.82) is 0 Å². The third kappa shape index (κ3) is 3.31. The molecule has 0 unspecified atom stereocenters. The first kappa shape index (κ1) is 16.9. The highest BCUT2D eigenvalue weighted by Gasteiger charge is 2.16. The van der Waals surface area contributed by atoms with E-state index in [0.717, 1.165) is 23.9 Å². The fraction of sp³-hybridized carbons (Fsp3) is 0.250. The van der Waals surface area contributed by atoms with Crippen molar-refractivity contribution in [3.63, 3.8) is 0 Å². The maximum Gasteiger partial charge on any atom is 0.263 e. The van der Waals surface area contributed by atoms with Crippen LogP contribution in [-0.4, -0.2) is 20.9 Å². The van der Waals surface area contributed by atoms with Gasteiger partial charge in [0.05, 0.1) is 5.52 Å². The van der Waals surface area contributed by atoms with Crippen molar-refractivity contribution in [3.8, 4) is 5.75 Å². The van der Waals surface area contributed by atoms with Crippen LogP contribution in [0.25, 0.3) is 10.9 Å². The molecule has 128 valence electrons. The number of rotatable bonds is 5. The number of aryl methyl sites for hydroxylation is 2. The monoisotopic (exact) mass is 335 g/mol. The number of nitrogens with zero attached hydrogens (tertiary/aromatic N) is 3. The van der Waals surface area contributed by atoms with Crippen LogP contribution in [0, 0.1) is 6.92 Å². The second-order valence-electron chi connectivity index (χ2n) is 5.99. The summed E-state index contributed by atoms with van der Waals surface area (Å²) in [6.07, 6.45) is 4.92. The lowest BCUT2D eigenvalue weighted by molar-refractivity contribution is 0.477. The van der Waals surface area contributed by atoms with Gasteiger partial charge in [0.15, 0.2) is 5.82 Å². The van der Waals surface area contributed by atoms with Crippen LogP contribution in [-0.2, 0) is 6.54 Å². The molecule has 0 saturated carbocycles. The summed E-state index contributed by atoms with van der Waals surface area (Å²) < 4.78 is 1.74. The lowest BCUT2D eigenvalue weighted by Gasteiger charge is -2.15. The predicted molar refractivity (Wildman–Crippen MR) is 101 cm³/mol. The first-order valence-corrected chi connectivity index (χ1v) is 8.43. The van der Waals surface area contributed by atoms with Gasteiger partial charge in [-0.25, -0.2) is 9.98 Å². The zero-order valence-electron chi connectivity index (χ0n) is 14.4. The number of pyridine rings is 2. The molecule has 25 heavy (non-hydrogen) atoms. The molecule has 2 aromatic heterocycles. The molecule has 1 N–H and O–H groups in total. The Hall–Kier alpha value is -2.95. The van der Waals surface area contributed by atoms with Crippen molar-refractivity contribution >= 4 is 22.9 Å². The second-order valence-corrected chi connectivity index (χ2v) is 5.99. The van der Waals surface area contributed by atoms with E-state index >= 15 is 0 Å². The lowest BCUT2D eigenvalue weighted by atomic mass is 10.1. The van der Waals surface area contributed by atoms with Gasteiger partial charge in [-0.05, 0) is 37.1 Å². The Morgan fingerprint density at radius 3 is 2.80 bits per heavy atom. The Bertz CT molecular complexity index is 976. The first-order chi connectivity index (χ1) is 12.1. The molecule has 3 rings (SSSR count). The van der Waals surface area contributed by atoms with Crippen LogP contribution in [0.5, 0.6) is 5.75 Å². The van der Waals surface area contributed by atoms with Crippen molar-refractivity contribution in [2.24, 2.45) is 4.99 Å². The van der Waals surface area contributed by atoms with Gasteiger partial charge in [0.2, 0.25) is 0 Å². The van der Waals surface area contributed by atoms with Gasteiger partial charge in [-0.15, -0.1) is 0 Å². The SMILES string of the molecule is CCCCn1c(=O)c(/C=N/c2ccccn2)c(O)c2cccc(C)c21. The lowest BCUT2D eigenvalue weighted by Crippen LogP contribution is -2.25. The normalized spacial score (nSPS) is 11.4. The maximum absolute atomic E-state index is 13.0. The topological polar surface area (TPSA) is 67.5 Å². The maximum atomic E-state index is 13.0. The molecule has 5 heteroatoms. The van der Waals surface area contributed by atoms with Crippen LogP contribution in [0.2, 0.25) is 0 Å². The minimum absolute atomic E-state index is 0.0314. The molecule has 0 fully saturated rings. The van der Waals surface area contributed by atoms with Crippen molar-refractivity contribution in [1.82, 2.24) is 9.55 Å². The summed E-state index contributed by atoms with van der Waals surface area (Å²) in [7, 11) is 0. The fourth-order valence-corrected chi connectivity index (χ4v) is 2.91. The van der Waals surface area contributed by atoms with Crippen LogP contribution in [0.15, 0.2) is 52.4 Å². The quantitative estimate of drug-likeness (QED) is 0.718. The van der Waals surface area contributed by atoms with Crippen LogP contribution in [0.4, 0.5) is 5.82 Å². The molecular formula is C20H21N3O2. The summed E-state index contributed by atoms with van der Waals surface area (Å²) >= 11 is 0. The van der Waals surface area contributed by atoms with Gasteiger partial charge in [-0.1, -0.05) is 31.5 Å². The molecule has 1 aromatic carbocycles. The number of hydrogen-bond donors (Lipinski definition) is 1. The van der Waals surface area contributed by atoms with E-state index in [9.17, 15) is 9.90 Å². The molecular weight excluding hydrogens is 314 g/mol. The van der Waals surface area contributed by atoms with Gasteiger partial charge in [-0.2, -0.15) is 0 Å². The predicted octanol–water partition coefficient (Wildman–Crippen LogP) is 3.96. The Labute approximate surface area is 146 Å². The van der Waals surface area contributed by atoms with Crippen LogP contribution >= 0.6 is 0 Å². The highest BCUT2D eigenvalue weighted by atomic mass is 16.3. The largest absolute Gasteiger partial charge is 0.506 e. The molecule has 0 aliphatic carbocycles. The summed E-state index contributed by atoms with van der Waals surface area (Å²) in [4.78, 5) is 21.3. The summed E-state index contributed by atoms with van der Waals surface area (Å²) in [5, 5.41) is 11.3. The van der Waals surface area contributed by atoms with Crippen LogP contribution in [0.3, 0.4) is 0 Å². The van der Waals surface area contributed by atoms with Crippen molar-refractivity contribution in [3.05, 3.63) is 64.1 Å². The minimum atomic E-state index is -0.229. The molecule has 0 saturated heterocycles. The van der Waals surface area contributed by atoms with Gasteiger partial charge in [-0.3, -0.25) is 4.79 Å². The van der Waals surface area contributed by atoms with E-state index in [2.05, 4.69) is 16.9 Å². The summed E-state index contributed by atoms with van der Waals surface area (Å²) in [5.41, 5.74) is 1.72. The van der Waals surface area contributed by atoms with Crippen molar-refractivity contribution in [2.45, 2.75) is 33.2 Å². The van der Waals surface area contributed by atoms with E-state index in [-0.39, 0.29) is 16.9 Å². The van der Waals surface area contributed by atoms with Gasteiger partial charge >= 0.3 is 0 Å². The third-order valence-electron chi connectivity index (χ3n) is 4.20. The molecule has 0 aliphatic rings. The van der Waals surface area contributed by atoms with E-state index in [0.29, 0.717) is 17.7 Å². The number of aromatic hydroxyl groups is 1. The number of benzene rings is 1. The first-order valence-electron chi connectivity index (χ1n) is 8.43. The van der Waals surface area contributed by atoms with E-state index in [4.69, 9.17) is 0 Å². The van der Waals surface area contributed by atoms with E-state index in [1.165, 1.54) is 6.21 Å². The second kappa shape index (κ2) is 7.30. The highest BCUT2D eigenvalue weighted by Crippen LogP contribution is 2.28. The molecule has 0 amide bonds. The van der Waals surface area contributed by atoms with Crippen LogP contribution < -0.4 is 5.56 Å². The zero-order valence-corrected chi connectivity index (χ0v) is 14.4. The molecule has 0 spiro atoms. The number of unbranched alkanes of at least 4 members (excludes halogenated alkanes) is 1. The van der Waals surface area contributed by atoms with Gasteiger partial charge in [0.1, 0.15) is 11.3 Å². The Morgan fingerprint density at radius 2 is 2.08 bits per heavy atom. The number of aliphatic imine (C=N–C) groups is 1.